The zero-order valence-electron chi connectivity index (χ0n) is 14.9. The van der Waals surface area contributed by atoms with Crippen LogP contribution >= 0.6 is 22.9 Å². The molecule has 0 aliphatic carbocycles. The standard InChI is InChI=1S/C20H17ClN4O2S/c21-15-10-13(6-7-17(15)25-9-3-5-19(25)27)23-18(26)11-14-12-28-20(24-14)16-4-1-2-8-22-16/h1-2,4,6-8,10,12H,3,5,9,11H2,(H,23,26). The molecular formula is C20H17ClN4O2S. The monoisotopic (exact) mass is 412 g/mol. The Bertz CT molecular complexity index is 1020. The van der Waals surface area contributed by atoms with Gasteiger partial charge in [-0.2, -0.15) is 0 Å². The van der Waals surface area contributed by atoms with Gasteiger partial charge in [0.2, 0.25) is 11.8 Å². The van der Waals surface area contributed by atoms with Crippen LogP contribution in [0.15, 0.2) is 48.0 Å². The third-order valence-electron chi connectivity index (χ3n) is 4.37. The van der Waals surface area contributed by atoms with Crippen molar-refractivity contribution in [3.8, 4) is 10.7 Å². The Labute approximate surface area is 171 Å². The smallest absolute Gasteiger partial charge is 0.230 e. The van der Waals surface area contributed by atoms with Crippen molar-refractivity contribution in [1.82, 2.24) is 9.97 Å². The molecule has 1 aromatic carbocycles. The quantitative estimate of drug-likeness (QED) is 0.682. The van der Waals surface area contributed by atoms with Crippen LogP contribution in [-0.2, 0) is 16.0 Å². The molecule has 3 heterocycles. The number of carbonyl (C=O) groups excluding carboxylic acids is 2. The molecule has 1 saturated heterocycles. The third-order valence-corrected chi connectivity index (χ3v) is 5.59. The van der Waals surface area contributed by atoms with E-state index in [0.29, 0.717) is 35.1 Å². The molecule has 4 rings (SSSR count). The van der Waals surface area contributed by atoms with Crippen molar-refractivity contribution >= 4 is 46.1 Å². The molecule has 1 aliphatic rings. The first-order chi connectivity index (χ1) is 13.6. The van der Waals surface area contributed by atoms with Crippen molar-refractivity contribution in [2.75, 3.05) is 16.8 Å². The molecule has 1 N–H and O–H groups in total. The van der Waals surface area contributed by atoms with Gasteiger partial charge in [0.15, 0.2) is 0 Å². The molecule has 1 fully saturated rings. The van der Waals surface area contributed by atoms with Gasteiger partial charge in [0.1, 0.15) is 5.01 Å². The summed E-state index contributed by atoms with van der Waals surface area (Å²) in [6.45, 7) is 0.673. The van der Waals surface area contributed by atoms with Gasteiger partial charge in [-0.15, -0.1) is 11.3 Å². The summed E-state index contributed by atoms with van der Waals surface area (Å²) in [6, 6.07) is 10.8. The zero-order chi connectivity index (χ0) is 19.5. The van der Waals surface area contributed by atoms with E-state index in [2.05, 4.69) is 15.3 Å². The fourth-order valence-electron chi connectivity index (χ4n) is 3.07. The van der Waals surface area contributed by atoms with E-state index in [-0.39, 0.29) is 18.2 Å². The fraction of sp³-hybridized carbons (Fsp3) is 0.200. The first-order valence-electron chi connectivity index (χ1n) is 8.86. The number of amides is 2. The maximum absolute atomic E-state index is 12.4. The van der Waals surface area contributed by atoms with Crippen molar-refractivity contribution < 1.29 is 9.59 Å². The Kier molecular flexibility index (Phi) is 5.36. The van der Waals surface area contributed by atoms with Crippen molar-refractivity contribution in [2.24, 2.45) is 0 Å². The molecule has 0 radical (unpaired) electrons. The summed E-state index contributed by atoms with van der Waals surface area (Å²) in [5.74, 6) is -0.107. The average molecular weight is 413 g/mol. The van der Waals surface area contributed by atoms with Crippen LogP contribution in [0.5, 0.6) is 0 Å². The summed E-state index contributed by atoms with van der Waals surface area (Å²) in [6.07, 6.45) is 3.25. The highest BCUT2D eigenvalue weighted by molar-refractivity contribution is 7.13. The largest absolute Gasteiger partial charge is 0.326 e. The highest BCUT2D eigenvalue weighted by Gasteiger charge is 2.23. The molecular weight excluding hydrogens is 396 g/mol. The number of thiazole rings is 1. The SMILES string of the molecule is O=C(Cc1csc(-c2ccccn2)n1)Nc1ccc(N2CCCC2=O)c(Cl)c1. The fourth-order valence-corrected chi connectivity index (χ4v) is 4.15. The summed E-state index contributed by atoms with van der Waals surface area (Å²) >= 11 is 7.78. The van der Waals surface area contributed by atoms with Crippen molar-refractivity contribution in [3.63, 3.8) is 0 Å². The predicted molar refractivity (Wildman–Crippen MR) is 111 cm³/mol. The van der Waals surface area contributed by atoms with Crippen LogP contribution in [-0.4, -0.2) is 28.3 Å². The summed E-state index contributed by atoms with van der Waals surface area (Å²) < 4.78 is 0. The van der Waals surface area contributed by atoms with Crippen molar-refractivity contribution in [3.05, 3.63) is 58.7 Å². The summed E-state index contributed by atoms with van der Waals surface area (Å²) in [4.78, 5) is 34.7. The van der Waals surface area contributed by atoms with Crippen LogP contribution in [0.1, 0.15) is 18.5 Å². The number of halogens is 1. The predicted octanol–water partition coefficient (Wildman–Crippen LogP) is 4.17. The maximum atomic E-state index is 12.4. The van der Waals surface area contributed by atoms with Gasteiger partial charge in [0.25, 0.3) is 0 Å². The minimum atomic E-state index is -0.182. The molecule has 0 spiro atoms. The first-order valence-corrected chi connectivity index (χ1v) is 10.1. The van der Waals surface area contributed by atoms with Gasteiger partial charge >= 0.3 is 0 Å². The summed E-state index contributed by atoms with van der Waals surface area (Å²) in [5, 5.41) is 5.92. The number of rotatable bonds is 5. The molecule has 0 unspecified atom stereocenters. The topological polar surface area (TPSA) is 75.2 Å². The second kappa shape index (κ2) is 8.08. The van der Waals surface area contributed by atoms with E-state index >= 15 is 0 Å². The number of pyridine rings is 1. The third kappa shape index (κ3) is 4.05. The lowest BCUT2D eigenvalue weighted by atomic mass is 10.2. The van der Waals surface area contributed by atoms with E-state index in [1.807, 2.05) is 23.6 Å². The zero-order valence-corrected chi connectivity index (χ0v) is 16.5. The van der Waals surface area contributed by atoms with E-state index in [9.17, 15) is 9.59 Å². The van der Waals surface area contributed by atoms with E-state index in [1.165, 1.54) is 11.3 Å². The number of carbonyl (C=O) groups is 2. The maximum Gasteiger partial charge on any atom is 0.230 e. The summed E-state index contributed by atoms with van der Waals surface area (Å²) in [5.41, 5.74) is 2.75. The van der Waals surface area contributed by atoms with Crippen LogP contribution in [0.4, 0.5) is 11.4 Å². The first kappa shape index (κ1) is 18.6. The van der Waals surface area contributed by atoms with E-state index in [4.69, 9.17) is 11.6 Å². The van der Waals surface area contributed by atoms with E-state index in [0.717, 1.165) is 17.1 Å². The Morgan fingerprint density at radius 3 is 2.89 bits per heavy atom. The van der Waals surface area contributed by atoms with Crippen LogP contribution in [0.2, 0.25) is 5.02 Å². The minimum Gasteiger partial charge on any atom is -0.326 e. The van der Waals surface area contributed by atoms with Gasteiger partial charge in [-0.3, -0.25) is 14.6 Å². The van der Waals surface area contributed by atoms with Gasteiger partial charge in [0.05, 0.1) is 28.5 Å². The molecule has 0 saturated carbocycles. The second-order valence-corrected chi connectivity index (χ2v) is 7.66. The number of benzene rings is 1. The Morgan fingerprint density at radius 1 is 1.29 bits per heavy atom. The molecule has 2 aromatic heterocycles. The van der Waals surface area contributed by atoms with Gasteiger partial charge in [-0.05, 0) is 36.8 Å². The molecule has 2 amide bonds. The lowest BCUT2D eigenvalue weighted by Gasteiger charge is -2.18. The van der Waals surface area contributed by atoms with E-state index in [1.54, 1.807) is 29.3 Å². The molecule has 0 bridgehead atoms. The number of anilines is 2. The molecule has 28 heavy (non-hydrogen) atoms. The lowest BCUT2D eigenvalue weighted by molar-refractivity contribution is -0.117. The number of hydrogen-bond donors (Lipinski definition) is 1. The van der Waals surface area contributed by atoms with Crippen LogP contribution in [0, 0.1) is 0 Å². The Morgan fingerprint density at radius 2 is 2.18 bits per heavy atom. The average Bonchev–Trinajstić information content (AvgIpc) is 3.32. The van der Waals surface area contributed by atoms with Gasteiger partial charge in [-0.1, -0.05) is 17.7 Å². The van der Waals surface area contributed by atoms with Crippen molar-refractivity contribution in [2.45, 2.75) is 19.3 Å². The number of aromatic nitrogens is 2. The number of nitrogens with zero attached hydrogens (tertiary/aromatic N) is 3. The molecule has 0 atom stereocenters. The van der Waals surface area contributed by atoms with Crippen molar-refractivity contribution in [1.29, 1.82) is 0 Å². The highest BCUT2D eigenvalue weighted by atomic mass is 35.5. The minimum absolute atomic E-state index is 0.0749. The summed E-state index contributed by atoms with van der Waals surface area (Å²) in [7, 11) is 0. The lowest BCUT2D eigenvalue weighted by Crippen LogP contribution is -2.24. The van der Waals surface area contributed by atoms with E-state index < -0.39 is 0 Å². The Balaban J connectivity index is 1.41. The molecule has 1 aliphatic heterocycles. The molecule has 3 aromatic rings. The second-order valence-electron chi connectivity index (χ2n) is 6.40. The van der Waals surface area contributed by atoms with Crippen LogP contribution < -0.4 is 10.2 Å². The molecule has 142 valence electrons. The normalized spacial score (nSPS) is 13.8. The number of nitrogens with one attached hydrogen (secondary N) is 1. The number of hydrogen-bond acceptors (Lipinski definition) is 5. The van der Waals surface area contributed by atoms with Gasteiger partial charge in [0, 0.05) is 30.2 Å². The van der Waals surface area contributed by atoms with Crippen LogP contribution in [0.25, 0.3) is 10.7 Å². The Hall–Kier alpha value is -2.77. The van der Waals surface area contributed by atoms with Crippen LogP contribution in [0.3, 0.4) is 0 Å². The molecule has 6 nitrogen and oxygen atoms in total. The highest BCUT2D eigenvalue weighted by Crippen LogP contribution is 2.31. The van der Waals surface area contributed by atoms with Gasteiger partial charge < -0.3 is 10.2 Å². The molecule has 8 heteroatoms. The van der Waals surface area contributed by atoms with Gasteiger partial charge in [-0.25, -0.2) is 4.98 Å².